The van der Waals surface area contributed by atoms with Crippen LogP contribution in [0.5, 0.6) is 0 Å². The van der Waals surface area contributed by atoms with Crippen molar-refractivity contribution in [2.24, 2.45) is 5.73 Å². The lowest BCUT2D eigenvalue weighted by atomic mass is 10.2. The van der Waals surface area contributed by atoms with Crippen LogP contribution in [-0.2, 0) is 25.8 Å². The normalized spacial score (nSPS) is 15.1. The van der Waals surface area contributed by atoms with Crippen LogP contribution in [0.15, 0.2) is 18.3 Å². The van der Waals surface area contributed by atoms with Gasteiger partial charge in [-0.3, -0.25) is 4.98 Å². The van der Waals surface area contributed by atoms with Crippen LogP contribution in [0.25, 0.3) is 0 Å². The fraction of sp³-hybridized carbons (Fsp3) is 0.417. The molecule has 2 aromatic heterocycles. The smallest absolute Gasteiger partial charge is 0.361 e. The molecule has 1 aliphatic heterocycles. The van der Waals surface area contributed by atoms with Gasteiger partial charge in [0.2, 0.25) is 5.82 Å². The molecule has 3 rings (SSSR count). The van der Waals surface area contributed by atoms with Crippen molar-refractivity contribution in [1.82, 2.24) is 19.7 Å². The van der Waals surface area contributed by atoms with Crippen molar-refractivity contribution in [2.75, 3.05) is 11.4 Å². The molecular formula is C12H13F3N6. The van der Waals surface area contributed by atoms with Gasteiger partial charge in [-0.2, -0.15) is 13.2 Å². The van der Waals surface area contributed by atoms with Crippen LogP contribution < -0.4 is 10.6 Å². The first-order valence-electron chi connectivity index (χ1n) is 6.38. The molecule has 6 nitrogen and oxygen atoms in total. The molecule has 0 unspecified atom stereocenters. The number of alkyl halides is 3. The Morgan fingerprint density at radius 2 is 2.00 bits per heavy atom. The zero-order valence-corrected chi connectivity index (χ0v) is 11.0. The van der Waals surface area contributed by atoms with E-state index in [2.05, 4.69) is 15.2 Å². The minimum absolute atomic E-state index is 0.190. The molecule has 3 heterocycles. The standard InChI is InChI=1S/C12H13F3N6/c13-12(14,15)11-19-18-10-7-20(3-4-21(10)11)9-2-1-8(5-16)17-6-9/h1-2,6H,3-5,7,16H2. The molecule has 2 N–H and O–H groups in total. The number of nitrogens with zero attached hydrogens (tertiary/aromatic N) is 5. The van der Waals surface area contributed by atoms with Gasteiger partial charge in [-0.1, -0.05) is 0 Å². The maximum atomic E-state index is 12.8. The molecule has 0 bridgehead atoms. The third-order valence-electron chi connectivity index (χ3n) is 3.39. The van der Waals surface area contributed by atoms with Crippen LogP contribution in [0.4, 0.5) is 18.9 Å². The number of nitrogens with two attached hydrogens (primary N) is 1. The molecule has 0 saturated carbocycles. The summed E-state index contributed by atoms with van der Waals surface area (Å²) in [6.07, 6.45) is -2.81. The summed E-state index contributed by atoms with van der Waals surface area (Å²) in [4.78, 5) is 6.10. The fourth-order valence-corrected chi connectivity index (χ4v) is 2.31. The molecule has 0 aliphatic carbocycles. The van der Waals surface area contributed by atoms with E-state index in [4.69, 9.17) is 5.73 Å². The van der Waals surface area contributed by atoms with Crippen molar-refractivity contribution in [3.63, 3.8) is 0 Å². The molecule has 9 heteroatoms. The molecule has 0 fully saturated rings. The Kier molecular flexibility index (Phi) is 3.28. The monoisotopic (exact) mass is 298 g/mol. The molecule has 21 heavy (non-hydrogen) atoms. The lowest BCUT2D eigenvalue weighted by Gasteiger charge is -2.29. The number of hydrogen-bond acceptors (Lipinski definition) is 5. The Bertz CT molecular complexity index is 633. The molecule has 112 valence electrons. The van der Waals surface area contributed by atoms with E-state index >= 15 is 0 Å². The molecule has 2 aromatic rings. The van der Waals surface area contributed by atoms with Gasteiger partial charge in [0, 0.05) is 19.6 Å². The van der Waals surface area contributed by atoms with Gasteiger partial charge in [-0.25, -0.2) is 0 Å². The lowest BCUT2D eigenvalue weighted by Crippen LogP contribution is -2.35. The minimum Gasteiger partial charge on any atom is -0.361 e. The van der Waals surface area contributed by atoms with Gasteiger partial charge in [0.15, 0.2) is 5.82 Å². The summed E-state index contributed by atoms with van der Waals surface area (Å²) >= 11 is 0. The van der Waals surface area contributed by atoms with Gasteiger partial charge >= 0.3 is 6.18 Å². The Morgan fingerprint density at radius 1 is 1.19 bits per heavy atom. The maximum absolute atomic E-state index is 12.8. The number of rotatable bonds is 2. The molecule has 0 spiro atoms. The van der Waals surface area contributed by atoms with Gasteiger partial charge in [0.1, 0.15) is 0 Å². The van der Waals surface area contributed by atoms with Crippen LogP contribution in [0, 0.1) is 0 Å². The van der Waals surface area contributed by atoms with E-state index in [0.717, 1.165) is 15.9 Å². The topological polar surface area (TPSA) is 72.9 Å². The predicted octanol–water partition coefficient (Wildman–Crippen LogP) is 1.17. The summed E-state index contributed by atoms with van der Waals surface area (Å²) in [6.45, 7) is 1.25. The molecule has 0 radical (unpaired) electrons. The van der Waals surface area contributed by atoms with E-state index < -0.39 is 12.0 Å². The minimum atomic E-state index is -4.47. The highest BCUT2D eigenvalue weighted by Crippen LogP contribution is 2.30. The number of aromatic nitrogens is 4. The van der Waals surface area contributed by atoms with E-state index in [-0.39, 0.29) is 13.1 Å². The highest BCUT2D eigenvalue weighted by atomic mass is 19.4. The van der Waals surface area contributed by atoms with Crippen LogP contribution >= 0.6 is 0 Å². The average molecular weight is 298 g/mol. The van der Waals surface area contributed by atoms with E-state index in [1.165, 1.54) is 0 Å². The first-order chi connectivity index (χ1) is 9.99. The summed E-state index contributed by atoms with van der Waals surface area (Å²) in [5, 5.41) is 6.90. The zero-order chi connectivity index (χ0) is 15.0. The SMILES string of the molecule is NCc1ccc(N2CCn3c(nnc3C(F)(F)F)C2)cn1. The third kappa shape index (κ3) is 2.56. The number of pyridine rings is 1. The van der Waals surface area contributed by atoms with E-state index in [1.807, 2.05) is 11.0 Å². The van der Waals surface area contributed by atoms with Gasteiger partial charge in [-0.15, -0.1) is 10.2 Å². The Morgan fingerprint density at radius 3 is 2.62 bits per heavy atom. The van der Waals surface area contributed by atoms with Gasteiger partial charge in [-0.05, 0) is 12.1 Å². The first-order valence-corrected chi connectivity index (χ1v) is 6.38. The number of hydrogen-bond donors (Lipinski definition) is 1. The largest absolute Gasteiger partial charge is 0.451 e. The van der Waals surface area contributed by atoms with Crippen molar-refractivity contribution in [3.05, 3.63) is 35.7 Å². The maximum Gasteiger partial charge on any atom is 0.451 e. The Hall–Kier alpha value is -2.16. The first kappa shape index (κ1) is 13.8. The summed E-state index contributed by atoms with van der Waals surface area (Å²) < 4.78 is 39.4. The molecule has 0 aromatic carbocycles. The summed E-state index contributed by atoms with van der Waals surface area (Å²) in [7, 11) is 0. The summed E-state index contributed by atoms with van der Waals surface area (Å²) in [5.74, 6) is -0.634. The fourth-order valence-electron chi connectivity index (χ4n) is 2.31. The number of fused-ring (bicyclic) bond motifs is 1. The number of anilines is 1. The lowest BCUT2D eigenvalue weighted by molar-refractivity contribution is -0.147. The van der Waals surface area contributed by atoms with Crippen LogP contribution in [0.1, 0.15) is 17.3 Å². The Labute approximate surface area is 118 Å². The van der Waals surface area contributed by atoms with Crippen molar-refractivity contribution >= 4 is 5.69 Å². The van der Waals surface area contributed by atoms with Crippen molar-refractivity contribution in [1.29, 1.82) is 0 Å². The number of halogens is 3. The summed E-state index contributed by atoms with van der Waals surface area (Å²) in [6, 6.07) is 3.65. The van der Waals surface area contributed by atoms with Crippen LogP contribution in [-0.4, -0.2) is 26.3 Å². The van der Waals surface area contributed by atoms with Crippen molar-refractivity contribution in [3.8, 4) is 0 Å². The predicted molar refractivity (Wildman–Crippen MR) is 68.2 cm³/mol. The molecular weight excluding hydrogens is 285 g/mol. The highest BCUT2D eigenvalue weighted by Gasteiger charge is 2.39. The van der Waals surface area contributed by atoms with Crippen LogP contribution in [0.2, 0.25) is 0 Å². The Balaban J connectivity index is 1.83. The second-order valence-electron chi connectivity index (χ2n) is 4.72. The second kappa shape index (κ2) is 4.99. The van der Waals surface area contributed by atoms with Gasteiger partial charge in [0.05, 0.1) is 24.1 Å². The third-order valence-corrected chi connectivity index (χ3v) is 3.39. The molecule has 0 atom stereocenters. The van der Waals surface area contributed by atoms with Crippen molar-refractivity contribution < 1.29 is 13.2 Å². The van der Waals surface area contributed by atoms with E-state index in [1.54, 1.807) is 12.3 Å². The van der Waals surface area contributed by atoms with E-state index in [9.17, 15) is 13.2 Å². The highest BCUT2D eigenvalue weighted by molar-refractivity contribution is 5.45. The van der Waals surface area contributed by atoms with E-state index in [0.29, 0.717) is 18.9 Å². The van der Waals surface area contributed by atoms with Crippen molar-refractivity contribution in [2.45, 2.75) is 25.8 Å². The van der Waals surface area contributed by atoms with Crippen LogP contribution in [0.3, 0.4) is 0 Å². The molecule has 0 saturated heterocycles. The zero-order valence-electron chi connectivity index (χ0n) is 11.0. The molecule has 0 amide bonds. The van der Waals surface area contributed by atoms with Gasteiger partial charge < -0.3 is 15.2 Å². The average Bonchev–Trinajstić information content (AvgIpc) is 2.90. The molecule has 1 aliphatic rings. The second-order valence-corrected chi connectivity index (χ2v) is 4.72. The van der Waals surface area contributed by atoms with Gasteiger partial charge in [0.25, 0.3) is 0 Å². The summed E-state index contributed by atoms with van der Waals surface area (Å²) in [5.41, 5.74) is 7.07. The quantitative estimate of drug-likeness (QED) is 0.901.